The van der Waals surface area contributed by atoms with E-state index >= 15 is 0 Å². The molecule has 0 aromatic heterocycles. The first kappa shape index (κ1) is 13.8. The normalized spacial score (nSPS) is 12.3. The van der Waals surface area contributed by atoms with Gasteiger partial charge in [0, 0.05) is 12.6 Å². The van der Waals surface area contributed by atoms with E-state index in [1.165, 1.54) is 0 Å². The van der Waals surface area contributed by atoms with Crippen LogP contribution in [-0.4, -0.2) is 20.3 Å². The van der Waals surface area contributed by atoms with Gasteiger partial charge in [0.05, 0.1) is 13.7 Å². The van der Waals surface area contributed by atoms with E-state index in [2.05, 4.69) is 6.92 Å². The smallest absolute Gasteiger partial charge is 0.161 e. The zero-order valence-electron chi connectivity index (χ0n) is 10.8. The molecule has 0 radical (unpaired) electrons. The van der Waals surface area contributed by atoms with Crippen LogP contribution >= 0.6 is 0 Å². The van der Waals surface area contributed by atoms with Crippen molar-refractivity contribution < 1.29 is 9.47 Å². The van der Waals surface area contributed by atoms with Gasteiger partial charge in [0.1, 0.15) is 0 Å². The summed E-state index contributed by atoms with van der Waals surface area (Å²) in [6.07, 6.45) is 0.954. The van der Waals surface area contributed by atoms with Crippen molar-refractivity contribution in [1.82, 2.24) is 0 Å². The molecule has 0 heterocycles. The summed E-state index contributed by atoms with van der Waals surface area (Å²) in [6, 6.07) is 3.71. The van der Waals surface area contributed by atoms with Crippen LogP contribution in [0.4, 0.5) is 0 Å². The third-order valence-electron chi connectivity index (χ3n) is 2.67. The lowest BCUT2D eigenvalue weighted by molar-refractivity contribution is 0.293. The van der Waals surface area contributed by atoms with Crippen LogP contribution in [0.25, 0.3) is 0 Å². The van der Waals surface area contributed by atoms with Crippen LogP contribution in [0.5, 0.6) is 11.5 Å². The lowest BCUT2D eigenvalue weighted by Gasteiger charge is -2.17. The summed E-state index contributed by atoms with van der Waals surface area (Å²) in [5.41, 5.74) is 13.6. The number of hydrogen-bond acceptors (Lipinski definition) is 4. The van der Waals surface area contributed by atoms with Gasteiger partial charge in [-0.1, -0.05) is 6.92 Å². The number of ether oxygens (including phenoxy) is 2. The van der Waals surface area contributed by atoms with Crippen molar-refractivity contribution in [1.29, 1.82) is 0 Å². The van der Waals surface area contributed by atoms with Crippen molar-refractivity contribution in [2.24, 2.45) is 11.5 Å². The van der Waals surface area contributed by atoms with E-state index in [1.807, 2.05) is 19.1 Å². The number of methoxy groups -OCH3 is 1. The molecule has 4 heteroatoms. The molecule has 0 bridgehead atoms. The molecule has 4 nitrogen and oxygen atoms in total. The second-order valence-corrected chi connectivity index (χ2v) is 4.05. The Hall–Kier alpha value is -1.26. The van der Waals surface area contributed by atoms with Crippen LogP contribution in [-0.2, 0) is 0 Å². The minimum atomic E-state index is -0.162. The quantitative estimate of drug-likeness (QED) is 0.792. The lowest BCUT2D eigenvalue weighted by Crippen LogP contribution is -2.21. The fourth-order valence-electron chi connectivity index (χ4n) is 1.69. The van der Waals surface area contributed by atoms with Crippen molar-refractivity contribution in [3.8, 4) is 11.5 Å². The highest BCUT2D eigenvalue weighted by Crippen LogP contribution is 2.32. The highest BCUT2D eigenvalue weighted by molar-refractivity contribution is 5.48. The molecule has 4 N–H and O–H groups in total. The van der Waals surface area contributed by atoms with Gasteiger partial charge in [0.15, 0.2) is 11.5 Å². The molecule has 1 rings (SSSR count). The van der Waals surface area contributed by atoms with E-state index in [4.69, 9.17) is 20.9 Å². The second kappa shape index (κ2) is 6.47. The molecule has 0 aliphatic rings. The summed E-state index contributed by atoms with van der Waals surface area (Å²) in [5, 5.41) is 0. The first-order chi connectivity index (χ1) is 8.13. The Morgan fingerprint density at radius 1 is 1.29 bits per heavy atom. The molecule has 0 saturated heterocycles. The molecule has 1 aromatic carbocycles. The lowest BCUT2D eigenvalue weighted by atomic mass is 10.0. The molecular formula is C13H22N2O2. The van der Waals surface area contributed by atoms with E-state index in [9.17, 15) is 0 Å². The molecular weight excluding hydrogens is 216 g/mol. The molecule has 0 amide bonds. The van der Waals surface area contributed by atoms with Gasteiger partial charge in [0.25, 0.3) is 0 Å². The van der Waals surface area contributed by atoms with Gasteiger partial charge < -0.3 is 20.9 Å². The van der Waals surface area contributed by atoms with E-state index in [-0.39, 0.29) is 6.04 Å². The number of rotatable bonds is 6. The summed E-state index contributed by atoms with van der Waals surface area (Å²) < 4.78 is 10.9. The summed E-state index contributed by atoms with van der Waals surface area (Å²) in [4.78, 5) is 0. The molecule has 0 saturated carbocycles. The molecule has 0 aliphatic heterocycles. The zero-order chi connectivity index (χ0) is 12.8. The molecule has 0 aliphatic carbocycles. The van der Waals surface area contributed by atoms with E-state index in [1.54, 1.807) is 7.11 Å². The van der Waals surface area contributed by atoms with Crippen LogP contribution in [0.2, 0.25) is 0 Å². The van der Waals surface area contributed by atoms with Crippen molar-refractivity contribution in [2.75, 3.05) is 20.3 Å². The Bertz CT molecular complexity index is 367. The Morgan fingerprint density at radius 2 is 2.00 bits per heavy atom. The summed E-state index contributed by atoms with van der Waals surface area (Å²) in [7, 11) is 1.64. The Labute approximate surface area is 103 Å². The van der Waals surface area contributed by atoms with Crippen molar-refractivity contribution in [2.45, 2.75) is 26.3 Å². The highest BCUT2D eigenvalue weighted by atomic mass is 16.5. The maximum atomic E-state index is 5.96. The number of hydrogen-bond donors (Lipinski definition) is 2. The molecule has 1 atom stereocenters. The minimum Gasteiger partial charge on any atom is -0.493 e. The standard InChI is InChI=1S/C13H22N2O2/c1-4-5-17-13-7-10(11(15)8-14)9(2)6-12(13)16-3/h6-7,11H,4-5,8,14-15H2,1-3H3. The van der Waals surface area contributed by atoms with Crippen LogP contribution in [0.3, 0.4) is 0 Å². The van der Waals surface area contributed by atoms with Crippen LogP contribution in [0.15, 0.2) is 12.1 Å². The van der Waals surface area contributed by atoms with Crippen LogP contribution in [0.1, 0.15) is 30.5 Å². The van der Waals surface area contributed by atoms with Crippen LogP contribution < -0.4 is 20.9 Å². The van der Waals surface area contributed by atoms with E-state index in [0.29, 0.717) is 13.2 Å². The maximum Gasteiger partial charge on any atom is 0.161 e. The predicted molar refractivity (Wildman–Crippen MR) is 69.5 cm³/mol. The van der Waals surface area contributed by atoms with Gasteiger partial charge in [-0.15, -0.1) is 0 Å². The number of aryl methyl sites for hydroxylation is 1. The SMILES string of the molecule is CCCOc1cc(C(N)CN)c(C)cc1OC. The van der Waals surface area contributed by atoms with E-state index < -0.39 is 0 Å². The van der Waals surface area contributed by atoms with Crippen LogP contribution in [0, 0.1) is 6.92 Å². The Kier molecular flexibility index (Phi) is 5.25. The number of benzene rings is 1. The zero-order valence-corrected chi connectivity index (χ0v) is 10.8. The van der Waals surface area contributed by atoms with Gasteiger partial charge in [-0.25, -0.2) is 0 Å². The molecule has 96 valence electrons. The minimum absolute atomic E-state index is 0.162. The van der Waals surface area contributed by atoms with Crippen molar-refractivity contribution in [3.63, 3.8) is 0 Å². The topological polar surface area (TPSA) is 70.5 Å². The Morgan fingerprint density at radius 3 is 2.53 bits per heavy atom. The van der Waals surface area contributed by atoms with Gasteiger partial charge in [0.2, 0.25) is 0 Å². The monoisotopic (exact) mass is 238 g/mol. The largest absolute Gasteiger partial charge is 0.493 e. The van der Waals surface area contributed by atoms with Crippen molar-refractivity contribution >= 4 is 0 Å². The first-order valence-corrected chi connectivity index (χ1v) is 5.91. The predicted octanol–water partition coefficient (Wildman–Crippen LogP) is 1.75. The summed E-state index contributed by atoms with van der Waals surface area (Å²) in [5.74, 6) is 1.47. The molecule has 0 fully saturated rings. The third-order valence-corrected chi connectivity index (χ3v) is 2.67. The highest BCUT2D eigenvalue weighted by Gasteiger charge is 2.13. The van der Waals surface area contributed by atoms with Crippen molar-refractivity contribution in [3.05, 3.63) is 23.3 Å². The summed E-state index contributed by atoms with van der Waals surface area (Å²) >= 11 is 0. The molecule has 1 unspecified atom stereocenters. The average Bonchev–Trinajstić information content (AvgIpc) is 2.35. The van der Waals surface area contributed by atoms with E-state index in [0.717, 1.165) is 29.0 Å². The molecule has 0 spiro atoms. The third kappa shape index (κ3) is 3.35. The first-order valence-electron chi connectivity index (χ1n) is 5.91. The Balaban J connectivity index is 3.08. The summed E-state index contributed by atoms with van der Waals surface area (Å²) in [6.45, 7) is 5.14. The fourth-order valence-corrected chi connectivity index (χ4v) is 1.69. The number of nitrogens with two attached hydrogens (primary N) is 2. The maximum absolute atomic E-state index is 5.96. The molecule has 1 aromatic rings. The fraction of sp³-hybridized carbons (Fsp3) is 0.538. The average molecular weight is 238 g/mol. The van der Waals surface area contributed by atoms with Gasteiger partial charge in [-0.3, -0.25) is 0 Å². The van der Waals surface area contributed by atoms with Gasteiger partial charge >= 0.3 is 0 Å². The van der Waals surface area contributed by atoms with Gasteiger partial charge in [-0.2, -0.15) is 0 Å². The molecule has 17 heavy (non-hydrogen) atoms. The van der Waals surface area contributed by atoms with Gasteiger partial charge in [-0.05, 0) is 36.6 Å². The second-order valence-electron chi connectivity index (χ2n) is 4.05.